The second kappa shape index (κ2) is 5.49. The highest BCUT2D eigenvalue weighted by Gasteiger charge is 2.48. The van der Waals surface area contributed by atoms with Gasteiger partial charge < -0.3 is 9.84 Å². The smallest absolute Gasteiger partial charge is 0.319 e. The quantitative estimate of drug-likeness (QED) is 0.872. The summed E-state index contributed by atoms with van der Waals surface area (Å²) in [6.45, 7) is 0.104. The van der Waals surface area contributed by atoms with Gasteiger partial charge in [0, 0.05) is 22.9 Å². The van der Waals surface area contributed by atoms with Crippen molar-refractivity contribution in [1.29, 1.82) is 0 Å². The van der Waals surface area contributed by atoms with Gasteiger partial charge >= 0.3 is 5.97 Å². The number of ketones is 1. The van der Waals surface area contributed by atoms with Crippen molar-refractivity contribution < 1.29 is 19.4 Å². The average Bonchev–Trinajstić information content (AvgIpc) is 2.36. The molecule has 1 heterocycles. The average molecular weight is 303 g/mol. The number of ether oxygens (including phenoxy) is 1. The number of carboxylic acids is 1. The summed E-state index contributed by atoms with van der Waals surface area (Å²) in [6, 6.07) is 4.90. The molecule has 19 heavy (non-hydrogen) atoms. The molecule has 0 radical (unpaired) electrons. The fourth-order valence-electron chi connectivity index (χ4n) is 2.14. The first-order valence-electron chi connectivity index (χ1n) is 5.75. The summed E-state index contributed by atoms with van der Waals surface area (Å²) >= 11 is 12.1. The van der Waals surface area contributed by atoms with Gasteiger partial charge in [0.15, 0.2) is 11.2 Å². The van der Waals surface area contributed by atoms with Gasteiger partial charge in [0.25, 0.3) is 0 Å². The number of hydrogen-bond donors (Lipinski definition) is 1. The van der Waals surface area contributed by atoms with Crippen LogP contribution in [-0.4, -0.2) is 30.1 Å². The van der Waals surface area contributed by atoms with Gasteiger partial charge in [-0.2, -0.15) is 0 Å². The SMILES string of the molecule is O=C(O)C1(Cc2c(Cl)cccc2Cl)COCCC1=O. The molecule has 1 aromatic rings. The van der Waals surface area contributed by atoms with Crippen LogP contribution in [0.5, 0.6) is 0 Å². The van der Waals surface area contributed by atoms with Gasteiger partial charge in [-0.3, -0.25) is 9.59 Å². The van der Waals surface area contributed by atoms with Gasteiger partial charge in [-0.25, -0.2) is 0 Å². The molecule has 1 unspecified atom stereocenters. The predicted molar refractivity (Wildman–Crippen MR) is 70.7 cm³/mol. The molecule has 1 saturated heterocycles. The number of carboxylic acid groups (broad SMARTS) is 1. The first-order valence-corrected chi connectivity index (χ1v) is 6.50. The Labute approximate surface area is 120 Å². The van der Waals surface area contributed by atoms with Crippen LogP contribution < -0.4 is 0 Å². The topological polar surface area (TPSA) is 63.6 Å². The Balaban J connectivity index is 2.42. The number of Topliss-reactive ketones (excluding diaryl/α,β-unsaturated/α-hetero) is 1. The number of carbonyl (C=O) groups is 2. The first kappa shape index (κ1) is 14.3. The van der Waals surface area contributed by atoms with Crippen molar-refractivity contribution in [2.45, 2.75) is 12.8 Å². The Bertz CT molecular complexity index is 509. The van der Waals surface area contributed by atoms with E-state index < -0.39 is 11.4 Å². The highest BCUT2D eigenvalue weighted by Crippen LogP contribution is 2.35. The first-order chi connectivity index (χ1) is 8.97. The van der Waals surface area contributed by atoms with E-state index in [1.54, 1.807) is 18.2 Å². The Morgan fingerprint density at radius 1 is 1.37 bits per heavy atom. The van der Waals surface area contributed by atoms with Crippen molar-refractivity contribution in [3.05, 3.63) is 33.8 Å². The lowest BCUT2D eigenvalue weighted by atomic mass is 9.76. The van der Waals surface area contributed by atoms with Crippen LogP contribution in [0.3, 0.4) is 0 Å². The van der Waals surface area contributed by atoms with E-state index in [9.17, 15) is 14.7 Å². The summed E-state index contributed by atoms with van der Waals surface area (Å²) in [5, 5.41) is 10.1. The van der Waals surface area contributed by atoms with Crippen molar-refractivity contribution in [1.82, 2.24) is 0 Å². The minimum absolute atomic E-state index is 0.0559. The molecule has 2 rings (SSSR count). The molecule has 4 nitrogen and oxygen atoms in total. The van der Waals surface area contributed by atoms with Gasteiger partial charge in [0.05, 0.1) is 13.2 Å². The van der Waals surface area contributed by atoms with Gasteiger partial charge in [-0.1, -0.05) is 29.3 Å². The summed E-state index contributed by atoms with van der Waals surface area (Å²) in [4.78, 5) is 23.6. The largest absolute Gasteiger partial charge is 0.480 e. The normalized spacial score (nSPS) is 23.4. The fraction of sp³-hybridized carbons (Fsp3) is 0.385. The van der Waals surface area contributed by atoms with E-state index in [2.05, 4.69) is 0 Å². The van der Waals surface area contributed by atoms with Crippen molar-refractivity contribution in [3.63, 3.8) is 0 Å². The molecular weight excluding hydrogens is 291 g/mol. The summed E-state index contributed by atoms with van der Waals surface area (Å²) in [6.07, 6.45) is 0.0358. The monoisotopic (exact) mass is 302 g/mol. The lowest BCUT2D eigenvalue weighted by molar-refractivity contribution is -0.164. The second-order valence-corrected chi connectivity index (χ2v) is 5.30. The Morgan fingerprint density at radius 2 is 2.00 bits per heavy atom. The Hall–Kier alpha value is -1.10. The standard InChI is InChI=1S/C13H12Cl2O4/c14-9-2-1-3-10(15)8(9)6-13(12(17)18)7-19-5-4-11(13)16/h1-3H,4-7H2,(H,17,18). The minimum atomic E-state index is -1.59. The van der Waals surface area contributed by atoms with Crippen LogP contribution in [-0.2, 0) is 20.7 Å². The van der Waals surface area contributed by atoms with Gasteiger partial charge in [0.1, 0.15) is 0 Å². The number of hydrogen-bond acceptors (Lipinski definition) is 3. The zero-order chi connectivity index (χ0) is 14.0. The predicted octanol–water partition coefficient (Wildman–Crippen LogP) is 2.60. The summed E-state index contributed by atoms with van der Waals surface area (Å²) in [5.41, 5.74) is -1.13. The number of halogens is 2. The number of rotatable bonds is 3. The third kappa shape index (κ3) is 2.61. The maximum atomic E-state index is 12.0. The van der Waals surface area contributed by atoms with E-state index in [-0.39, 0.29) is 31.8 Å². The highest BCUT2D eigenvalue weighted by atomic mass is 35.5. The van der Waals surface area contributed by atoms with E-state index in [0.29, 0.717) is 15.6 Å². The van der Waals surface area contributed by atoms with Gasteiger partial charge in [-0.05, 0) is 17.7 Å². The maximum absolute atomic E-state index is 12.0. The number of benzene rings is 1. The van der Waals surface area contributed by atoms with Crippen LogP contribution in [0.1, 0.15) is 12.0 Å². The minimum Gasteiger partial charge on any atom is -0.480 e. The molecule has 1 aliphatic heterocycles. The Morgan fingerprint density at radius 3 is 2.53 bits per heavy atom. The Kier molecular flexibility index (Phi) is 4.13. The summed E-state index contributed by atoms with van der Waals surface area (Å²) < 4.78 is 5.18. The molecule has 6 heteroatoms. The molecular formula is C13H12Cl2O4. The van der Waals surface area contributed by atoms with Crippen molar-refractivity contribution in [3.8, 4) is 0 Å². The van der Waals surface area contributed by atoms with Crippen LogP contribution in [0, 0.1) is 5.41 Å². The van der Waals surface area contributed by atoms with Crippen LogP contribution >= 0.6 is 23.2 Å². The third-order valence-electron chi connectivity index (χ3n) is 3.31. The molecule has 102 valence electrons. The molecule has 0 spiro atoms. The molecule has 1 atom stereocenters. The van der Waals surface area contributed by atoms with E-state index >= 15 is 0 Å². The number of carbonyl (C=O) groups excluding carboxylic acids is 1. The highest BCUT2D eigenvalue weighted by molar-refractivity contribution is 6.36. The fourth-order valence-corrected chi connectivity index (χ4v) is 2.67. The number of aliphatic carboxylic acids is 1. The van der Waals surface area contributed by atoms with E-state index in [4.69, 9.17) is 27.9 Å². The van der Waals surface area contributed by atoms with E-state index in [0.717, 1.165) is 0 Å². The molecule has 1 aromatic carbocycles. The lowest BCUT2D eigenvalue weighted by Crippen LogP contribution is -2.48. The molecule has 1 fully saturated rings. The second-order valence-electron chi connectivity index (χ2n) is 4.49. The van der Waals surface area contributed by atoms with Crippen LogP contribution in [0.15, 0.2) is 18.2 Å². The maximum Gasteiger partial charge on any atom is 0.319 e. The van der Waals surface area contributed by atoms with Crippen molar-refractivity contribution in [2.24, 2.45) is 5.41 Å². The van der Waals surface area contributed by atoms with Crippen LogP contribution in [0.4, 0.5) is 0 Å². The molecule has 0 aliphatic carbocycles. The molecule has 1 N–H and O–H groups in total. The van der Waals surface area contributed by atoms with Crippen molar-refractivity contribution >= 4 is 35.0 Å². The molecule has 0 amide bonds. The van der Waals surface area contributed by atoms with Gasteiger partial charge in [0.2, 0.25) is 0 Å². The molecule has 0 bridgehead atoms. The van der Waals surface area contributed by atoms with Crippen LogP contribution in [0.2, 0.25) is 10.0 Å². The zero-order valence-corrected chi connectivity index (χ0v) is 11.5. The van der Waals surface area contributed by atoms with Crippen molar-refractivity contribution in [2.75, 3.05) is 13.2 Å². The van der Waals surface area contributed by atoms with E-state index in [1.165, 1.54) is 0 Å². The molecule has 0 saturated carbocycles. The molecule has 1 aliphatic rings. The molecule has 0 aromatic heterocycles. The van der Waals surface area contributed by atoms with Crippen LogP contribution in [0.25, 0.3) is 0 Å². The van der Waals surface area contributed by atoms with E-state index in [1.807, 2.05) is 0 Å². The van der Waals surface area contributed by atoms with Gasteiger partial charge in [-0.15, -0.1) is 0 Å². The summed E-state index contributed by atoms with van der Waals surface area (Å²) in [5.74, 6) is -1.55. The third-order valence-corrected chi connectivity index (χ3v) is 4.01. The summed E-state index contributed by atoms with van der Waals surface area (Å²) in [7, 11) is 0. The zero-order valence-electron chi connectivity index (χ0n) is 9.99. The lowest BCUT2D eigenvalue weighted by Gasteiger charge is -2.32.